The van der Waals surface area contributed by atoms with Gasteiger partial charge in [-0.05, 0) is 64.2 Å². The Morgan fingerprint density at radius 3 is 1.26 bits per heavy atom. The zero-order chi connectivity index (χ0) is 49.7. The number of nitrogens with one attached hydrogen (secondary N) is 1. The molecule has 1 aliphatic heterocycles. The van der Waals surface area contributed by atoms with E-state index in [1.54, 1.807) is 0 Å². The molecule has 68 heavy (non-hydrogen) atoms. The van der Waals surface area contributed by atoms with Gasteiger partial charge >= 0.3 is 0 Å². The van der Waals surface area contributed by atoms with Crippen molar-refractivity contribution < 1.29 is 50.0 Å². The van der Waals surface area contributed by atoms with E-state index in [-0.39, 0.29) is 12.8 Å². The summed E-state index contributed by atoms with van der Waals surface area (Å²) in [6, 6.07) is -1.19. The predicted molar refractivity (Wildman–Crippen MR) is 279 cm³/mol. The number of allylic oxidation sites excluding steroid dienone is 4. The van der Waals surface area contributed by atoms with Crippen molar-refractivity contribution in [1.82, 2.24) is 5.32 Å². The molecule has 11 heteroatoms. The van der Waals surface area contributed by atoms with Crippen LogP contribution in [0.2, 0.25) is 0 Å². The molecule has 0 bridgehead atoms. The fourth-order valence-corrected chi connectivity index (χ4v) is 9.26. The van der Waals surface area contributed by atoms with E-state index in [9.17, 15) is 40.5 Å². The van der Waals surface area contributed by atoms with Gasteiger partial charge < -0.3 is 50.5 Å². The Hall–Kier alpha value is -1.41. The highest BCUT2D eigenvalue weighted by atomic mass is 16.7. The van der Waals surface area contributed by atoms with E-state index in [0.717, 1.165) is 57.8 Å². The van der Waals surface area contributed by atoms with Crippen LogP contribution in [0, 0.1) is 0 Å². The molecule has 402 valence electrons. The molecule has 0 aromatic carbocycles. The van der Waals surface area contributed by atoms with E-state index in [1.165, 1.54) is 167 Å². The second-order valence-electron chi connectivity index (χ2n) is 20.4. The SMILES string of the molecule is CCCCCCCCCCC/C=C\CCCCCCCCC(O)C(=O)NC(COC1OC(CO)C(O)C(O)C1O)C(O)C(O)CCC/C=C/CCCCCCCCCCCCCCCCCCC. The van der Waals surface area contributed by atoms with Crippen LogP contribution in [0.4, 0.5) is 0 Å². The first-order valence-corrected chi connectivity index (χ1v) is 28.7. The molecule has 1 rings (SSSR count). The van der Waals surface area contributed by atoms with E-state index in [1.807, 2.05) is 0 Å². The van der Waals surface area contributed by atoms with E-state index < -0.39 is 74.2 Å². The number of amides is 1. The molecule has 1 saturated heterocycles. The smallest absolute Gasteiger partial charge is 0.249 e. The van der Waals surface area contributed by atoms with Crippen molar-refractivity contribution in [3.63, 3.8) is 0 Å². The largest absolute Gasteiger partial charge is 0.394 e. The Labute approximate surface area is 416 Å². The number of aliphatic hydroxyl groups excluding tert-OH is 7. The van der Waals surface area contributed by atoms with Crippen molar-refractivity contribution in [2.24, 2.45) is 0 Å². The van der Waals surface area contributed by atoms with Crippen molar-refractivity contribution in [1.29, 1.82) is 0 Å². The van der Waals surface area contributed by atoms with Gasteiger partial charge in [0, 0.05) is 0 Å². The Kier molecular flexibility index (Phi) is 44.3. The zero-order valence-corrected chi connectivity index (χ0v) is 43.9. The number of hydrogen-bond donors (Lipinski definition) is 8. The number of carbonyl (C=O) groups is 1. The monoisotopic (exact) mass is 968 g/mol. The molecule has 1 fully saturated rings. The van der Waals surface area contributed by atoms with Crippen molar-refractivity contribution >= 4 is 5.91 Å². The van der Waals surface area contributed by atoms with Gasteiger partial charge in [0.1, 0.15) is 36.6 Å². The van der Waals surface area contributed by atoms with Crippen molar-refractivity contribution in [3.05, 3.63) is 24.3 Å². The highest BCUT2D eigenvalue weighted by Gasteiger charge is 2.44. The van der Waals surface area contributed by atoms with Crippen LogP contribution in [0.5, 0.6) is 0 Å². The zero-order valence-electron chi connectivity index (χ0n) is 43.9. The average molecular weight is 968 g/mol. The molecule has 11 nitrogen and oxygen atoms in total. The van der Waals surface area contributed by atoms with Gasteiger partial charge in [0.25, 0.3) is 0 Å². The molecule has 9 atom stereocenters. The molecule has 1 heterocycles. The van der Waals surface area contributed by atoms with E-state index >= 15 is 0 Å². The third-order valence-corrected chi connectivity index (χ3v) is 14.0. The summed E-state index contributed by atoms with van der Waals surface area (Å²) in [4.78, 5) is 13.2. The maximum absolute atomic E-state index is 13.2. The molecule has 0 spiro atoms. The lowest BCUT2D eigenvalue weighted by Gasteiger charge is -2.40. The summed E-state index contributed by atoms with van der Waals surface area (Å²) >= 11 is 0. The van der Waals surface area contributed by atoms with Crippen LogP contribution in [0.15, 0.2) is 24.3 Å². The second kappa shape index (κ2) is 46.6. The van der Waals surface area contributed by atoms with Crippen LogP contribution in [0.3, 0.4) is 0 Å². The fraction of sp³-hybridized carbons (Fsp3) is 0.912. The molecule has 1 aliphatic rings. The first kappa shape index (κ1) is 64.6. The number of hydrogen-bond acceptors (Lipinski definition) is 10. The Morgan fingerprint density at radius 2 is 0.868 bits per heavy atom. The lowest BCUT2D eigenvalue weighted by molar-refractivity contribution is -0.303. The molecular formula is C57H109NO10. The van der Waals surface area contributed by atoms with E-state index in [2.05, 4.69) is 43.5 Å². The van der Waals surface area contributed by atoms with Crippen molar-refractivity contribution in [2.45, 2.75) is 319 Å². The predicted octanol–water partition coefficient (Wildman–Crippen LogP) is 11.7. The number of carbonyl (C=O) groups excluding carboxylic acids is 1. The summed E-state index contributed by atoms with van der Waals surface area (Å²) in [5, 5.41) is 76.1. The molecule has 1 amide bonds. The molecule has 8 N–H and O–H groups in total. The van der Waals surface area contributed by atoms with Gasteiger partial charge in [0.2, 0.25) is 5.91 Å². The normalized spacial score (nSPS) is 20.6. The Bertz CT molecular complexity index is 1160. The number of ether oxygens (including phenoxy) is 2. The Balaban J connectivity index is 2.35. The molecular weight excluding hydrogens is 859 g/mol. The quantitative estimate of drug-likeness (QED) is 0.0215. The molecule has 0 aromatic rings. The standard InChI is InChI=1S/C57H109NO10/c1-3-5-7-9-11-13-15-17-19-21-23-24-25-27-28-30-32-34-36-38-40-42-44-49(60)52(62)48(47-67-57-55(65)54(64)53(63)51(46-59)68-57)58-56(66)50(61)45-43-41-39-37-35-33-31-29-26-22-20-18-16-14-12-10-8-6-4-2/h26,29,36,38,48-55,57,59-65H,3-25,27-28,30-35,37,39-47H2,1-2H3,(H,58,66)/b29-26-,38-36+. The highest BCUT2D eigenvalue weighted by molar-refractivity contribution is 5.80. The third kappa shape index (κ3) is 34.8. The molecule has 0 aromatic heterocycles. The third-order valence-electron chi connectivity index (χ3n) is 14.0. The lowest BCUT2D eigenvalue weighted by atomic mass is 9.98. The molecule has 9 unspecified atom stereocenters. The maximum Gasteiger partial charge on any atom is 0.249 e. The van der Waals surface area contributed by atoms with Crippen LogP contribution >= 0.6 is 0 Å². The van der Waals surface area contributed by atoms with Gasteiger partial charge in [0.05, 0.1) is 25.4 Å². The lowest BCUT2D eigenvalue weighted by Crippen LogP contribution is -2.60. The first-order valence-electron chi connectivity index (χ1n) is 28.7. The van der Waals surface area contributed by atoms with Crippen LogP contribution < -0.4 is 5.32 Å². The molecule has 0 aliphatic carbocycles. The summed E-state index contributed by atoms with van der Waals surface area (Å²) < 4.78 is 11.1. The molecule has 0 saturated carbocycles. The van der Waals surface area contributed by atoms with Gasteiger partial charge in [0.15, 0.2) is 6.29 Å². The van der Waals surface area contributed by atoms with Crippen molar-refractivity contribution in [2.75, 3.05) is 13.2 Å². The summed E-state index contributed by atoms with van der Waals surface area (Å²) in [5.74, 6) is -0.708. The average Bonchev–Trinajstić information content (AvgIpc) is 3.34. The first-order chi connectivity index (χ1) is 33.2. The summed E-state index contributed by atoms with van der Waals surface area (Å²) in [7, 11) is 0. The van der Waals surface area contributed by atoms with Gasteiger partial charge in [-0.1, -0.05) is 224 Å². The van der Waals surface area contributed by atoms with Crippen molar-refractivity contribution in [3.8, 4) is 0 Å². The van der Waals surface area contributed by atoms with Crippen LogP contribution in [0.1, 0.15) is 264 Å². The number of unbranched alkanes of at least 4 members (excludes halogenated alkanes) is 33. The van der Waals surface area contributed by atoms with Gasteiger partial charge in [-0.25, -0.2) is 0 Å². The van der Waals surface area contributed by atoms with E-state index in [4.69, 9.17) is 9.47 Å². The summed E-state index contributed by atoms with van der Waals surface area (Å²) in [5.41, 5.74) is 0. The van der Waals surface area contributed by atoms with Crippen LogP contribution in [-0.4, -0.2) is 110 Å². The topological polar surface area (TPSA) is 189 Å². The van der Waals surface area contributed by atoms with Gasteiger partial charge in [-0.15, -0.1) is 0 Å². The minimum absolute atomic E-state index is 0.248. The number of aliphatic hydroxyl groups is 7. The highest BCUT2D eigenvalue weighted by Crippen LogP contribution is 2.23. The Morgan fingerprint density at radius 1 is 0.500 bits per heavy atom. The molecule has 0 radical (unpaired) electrons. The minimum Gasteiger partial charge on any atom is -0.394 e. The van der Waals surface area contributed by atoms with Gasteiger partial charge in [-0.2, -0.15) is 0 Å². The van der Waals surface area contributed by atoms with E-state index in [0.29, 0.717) is 12.8 Å². The second-order valence-corrected chi connectivity index (χ2v) is 20.4. The maximum atomic E-state index is 13.2. The van der Waals surface area contributed by atoms with Gasteiger partial charge in [-0.3, -0.25) is 4.79 Å². The fourth-order valence-electron chi connectivity index (χ4n) is 9.26. The summed E-state index contributed by atoms with van der Waals surface area (Å²) in [6.07, 6.45) is 43.7. The van der Waals surface area contributed by atoms with Crippen LogP contribution in [0.25, 0.3) is 0 Å². The van der Waals surface area contributed by atoms with Crippen LogP contribution in [-0.2, 0) is 14.3 Å². The number of rotatable bonds is 49. The minimum atomic E-state index is -1.67. The summed E-state index contributed by atoms with van der Waals surface area (Å²) in [6.45, 7) is 3.46.